The summed E-state index contributed by atoms with van der Waals surface area (Å²) in [5, 5.41) is 4.20. The molecular formula is C22H26N6O2. The van der Waals surface area contributed by atoms with Crippen LogP contribution in [0.1, 0.15) is 38.3 Å². The van der Waals surface area contributed by atoms with Crippen molar-refractivity contribution in [1.82, 2.24) is 19.6 Å². The van der Waals surface area contributed by atoms with Crippen LogP contribution in [0.2, 0.25) is 0 Å². The van der Waals surface area contributed by atoms with E-state index in [2.05, 4.69) is 45.6 Å². The standard InChI is InChI=1S/C22H26N6O2/c1-13-12-28(14(2)11-27(13)16(4)17-9-15(3)30-25-17)19-10-21(29)26(6)18-7-8-20(23-5)24-22(18)19/h7-10,13-14,16H,11-12H2,1-4,6H3/t13-,14+,16?/m1/s1. The Bertz CT molecular complexity index is 1190. The predicted molar refractivity (Wildman–Crippen MR) is 116 cm³/mol. The second kappa shape index (κ2) is 7.58. The van der Waals surface area contributed by atoms with Crippen molar-refractivity contribution in [3.05, 3.63) is 57.5 Å². The van der Waals surface area contributed by atoms with Crippen LogP contribution >= 0.6 is 0 Å². The lowest BCUT2D eigenvalue weighted by Crippen LogP contribution is -2.57. The Labute approximate surface area is 175 Å². The number of aryl methyl sites for hydroxylation is 2. The predicted octanol–water partition coefficient (Wildman–Crippen LogP) is 3.44. The molecule has 0 N–H and O–H groups in total. The molecule has 1 saturated heterocycles. The molecule has 4 heterocycles. The molecule has 0 aromatic carbocycles. The molecule has 1 unspecified atom stereocenters. The number of aromatic nitrogens is 3. The van der Waals surface area contributed by atoms with Crippen molar-refractivity contribution in [2.24, 2.45) is 7.05 Å². The van der Waals surface area contributed by atoms with Gasteiger partial charge in [-0.2, -0.15) is 0 Å². The summed E-state index contributed by atoms with van der Waals surface area (Å²) in [6, 6.07) is 7.62. The fourth-order valence-corrected chi connectivity index (χ4v) is 4.36. The van der Waals surface area contributed by atoms with Gasteiger partial charge in [-0.3, -0.25) is 9.69 Å². The van der Waals surface area contributed by atoms with Crippen molar-refractivity contribution in [3.8, 4) is 0 Å². The summed E-state index contributed by atoms with van der Waals surface area (Å²) < 4.78 is 6.85. The maximum atomic E-state index is 12.6. The van der Waals surface area contributed by atoms with Gasteiger partial charge >= 0.3 is 0 Å². The van der Waals surface area contributed by atoms with E-state index < -0.39 is 0 Å². The molecule has 1 aliphatic rings. The minimum Gasteiger partial charge on any atom is -0.362 e. The molecule has 0 spiro atoms. The molecule has 1 fully saturated rings. The minimum absolute atomic E-state index is 0.0800. The molecule has 0 amide bonds. The number of pyridine rings is 2. The van der Waals surface area contributed by atoms with Gasteiger partial charge < -0.3 is 18.8 Å². The Morgan fingerprint density at radius 2 is 2.00 bits per heavy atom. The van der Waals surface area contributed by atoms with E-state index >= 15 is 0 Å². The Morgan fingerprint density at radius 3 is 2.67 bits per heavy atom. The summed E-state index contributed by atoms with van der Waals surface area (Å²) >= 11 is 0. The highest BCUT2D eigenvalue weighted by atomic mass is 16.5. The maximum Gasteiger partial charge on any atom is 0.270 e. The van der Waals surface area contributed by atoms with Crippen LogP contribution in [0.5, 0.6) is 0 Å². The maximum absolute atomic E-state index is 12.6. The number of piperazine rings is 1. The Morgan fingerprint density at radius 1 is 1.23 bits per heavy atom. The SMILES string of the molecule is [C-]#[N+]c1ccc2c(n1)c(N1C[C@@H](C)N(C(C)c3cc(C)on3)C[C@@H]1C)cc(=O)n2C. The molecule has 0 bridgehead atoms. The van der Waals surface area contributed by atoms with Gasteiger partial charge in [-0.15, -0.1) is 4.98 Å². The van der Waals surface area contributed by atoms with E-state index in [0.29, 0.717) is 11.3 Å². The van der Waals surface area contributed by atoms with Gasteiger partial charge in [0, 0.05) is 44.4 Å². The number of nitrogens with zero attached hydrogens (tertiary/aromatic N) is 6. The Balaban J connectivity index is 1.71. The molecule has 1 aliphatic heterocycles. The summed E-state index contributed by atoms with van der Waals surface area (Å²) in [6.45, 7) is 17.3. The largest absolute Gasteiger partial charge is 0.362 e. The summed E-state index contributed by atoms with van der Waals surface area (Å²) in [4.78, 5) is 25.3. The number of hydrogen-bond acceptors (Lipinski definition) is 6. The molecule has 0 aliphatic carbocycles. The van der Waals surface area contributed by atoms with Crippen LogP contribution < -0.4 is 10.5 Å². The second-order valence-electron chi connectivity index (χ2n) is 8.16. The molecule has 8 heteroatoms. The van der Waals surface area contributed by atoms with Gasteiger partial charge in [0.05, 0.1) is 17.2 Å². The zero-order chi connectivity index (χ0) is 21.6. The first-order chi connectivity index (χ1) is 14.3. The highest BCUT2D eigenvalue weighted by molar-refractivity contribution is 5.89. The van der Waals surface area contributed by atoms with E-state index in [1.807, 2.05) is 13.0 Å². The molecule has 156 valence electrons. The van der Waals surface area contributed by atoms with Crippen LogP contribution in [0.25, 0.3) is 15.9 Å². The van der Waals surface area contributed by atoms with Crippen LogP contribution in [0.4, 0.5) is 11.5 Å². The summed E-state index contributed by atoms with van der Waals surface area (Å²) in [6.07, 6.45) is 0. The van der Waals surface area contributed by atoms with Gasteiger partial charge in [0.1, 0.15) is 11.5 Å². The van der Waals surface area contributed by atoms with Crippen molar-refractivity contribution < 1.29 is 4.52 Å². The average Bonchev–Trinajstić information content (AvgIpc) is 3.17. The van der Waals surface area contributed by atoms with Crippen molar-refractivity contribution >= 4 is 22.5 Å². The molecule has 0 saturated carbocycles. The van der Waals surface area contributed by atoms with Crippen LogP contribution in [0, 0.1) is 13.5 Å². The number of rotatable bonds is 3. The smallest absolute Gasteiger partial charge is 0.270 e. The average molecular weight is 406 g/mol. The van der Waals surface area contributed by atoms with E-state index in [9.17, 15) is 4.79 Å². The zero-order valence-electron chi connectivity index (χ0n) is 18.0. The Hall–Kier alpha value is -3.18. The van der Waals surface area contributed by atoms with Crippen molar-refractivity contribution in [2.75, 3.05) is 18.0 Å². The van der Waals surface area contributed by atoms with Gasteiger partial charge in [-0.25, -0.2) is 0 Å². The van der Waals surface area contributed by atoms with E-state index in [1.54, 1.807) is 29.8 Å². The molecule has 8 nitrogen and oxygen atoms in total. The third-order valence-electron chi connectivity index (χ3n) is 6.08. The third-order valence-corrected chi connectivity index (χ3v) is 6.08. The third kappa shape index (κ3) is 3.35. The van der Waals surface area contributed by atoms with Crippen molar-refractivity contribution in [3.63, 3.8) is 0 Å². The molecule has 3 aromatic heterocycles. The number of hydrogen-bond donors (Lipinski definition) is 0. The molecule has 4 rings (SSSR count). The molecule has 0 radical (unpaired) electrons. The van der Waals surface area contributed by atoms with Crippen LogP contribution in [-0.2, 0) is 7.05 Å². The highest BCUT2D eigenvalue weighted by Crippen LogP contribution is 2.32. The highest BCUT2D eigenvalue weighted by Gasteiger charge is 2.35. The lowest BCUT2D eigenvalue weighted by molar-refractivity contribution is 0.115. The van der Waals surface area contributed by atoms with E-state index in [1.165, 1.54) is 0 Å². The monoisotopic (exact) mass is 406 g/mol. The van der Waals surface area contributed by atoms with E-state index in [-0.39, 0.29) is 23.7 Å². The quantitative estimate of drug-likeness (QED) is 0.621. The molecular weight excluding hydrogens is 380 g/mol. The summed E-state index contributed by atoms with van der Waals surface area (Å²) in [7, 11) is 1.74. The van der Waals surface area contributed by atoms with Gasteiger partial charge in [0.15, 0.2) is 0 Å². The van der Waals surface area contributed by atoms with Gasteiger partial charge in [-0.05, 0) is 39.8 Å². The summed E-state index contributed by atoms with van der Waals surface area (Å²) in [5.41, 5.74) is 3.07. The van der Waals surface area contributed by atoms with Gasteiger partial charge in [0.2, 0.25) is 5.52 Å². The molecule has 3 aromatic rings. The Kier molecular flexibility index (Phi) is 5.08. The lowest BCUT2D eigenvalue weighted by atomic mass is 10.0. The minimum atomic E-state index is -0.0800. The van der Waals surface area contributed by atoms with Crippen molar-refractivity contribution in [1.29, 1.82) is 0 Å². The van der Waals surface area contributed by atoms with Crippen molar-refractivity contribution in [2.45, 2.75) is 45.8 Å². The zero-order valence-corrected chi connectivity index (χ0v) is 18.0. The fraction of sp³-hybridized carbons (Fsp3) is 0.455. The van der Waals surface area contributed by atoms with E-state index in [4.69, 9.17) is 11.1 Å². The van der Waals surface area contributed by atoms with Crippen LogP contribution in [0.3, 0.4) is 0 Å². The first-order valence-electron chi connectivity index (χ1n) is 10.1. The normalized spacial score (nSPS) is 21.0. The molecule has 3 atom stereocenters. The fourth-order valence-electron chi connectivity index (χ4n) is 4.36. The first kappa shape index (κ1) is 20.1. The van der Waals surface area contributed by atoms with E-state index in [0.717, 1.165) is 35.7 Å². The first-order valence-corrected chi connectivity index (χ1v) is 10.1. The second-order valence-corrected chi connectivity index (χ2v) is 8.16. The topological polar surface area (TPSA) is 71.8 Å². The van der Waals surface area contributed by atoms with Gasteiger partial charge in [0.25, 0.3) is 11.4 Å². The molecule has 30 heavy (non-hydrogen) atoms. The number of anilines is 1. The number of fused-ring (bicyclic) bond motifs is 1. The van der Waals surface area contributed by atoms with Crippen LogP contribution in [-0.4, -0.2) is 44.8 Å². The van der Waals surface area contributed by atoms with Crippen LogP contribution in [0.15, 0.2) is 33.6 Å². The van der Waals surface area contributed by atoms with Gasteiger partial charge in [-0.1, -0.05) is 11.7 Å². The summed E-state index contributed by atoms with van der Waals surface area (Å²) in [5.74, 6) is 1.14. The lowest BCUT2D eigenvalue weighted by Gasteiger charge is -2.47.